The molecule has 0 atom stereocenters. The van der Waals surface area contributed by atoms with E-state index in [9.17, 15) is 4.79 Å². The SMILES string of the molecule is CCCCCCNC(=O)CSc1nc2ccccc2s1. The maximum absolute atomic E-state index is 11.7. The van der Waals surface area contributed by atoms with Crippen molar-refractivity contribution in [1.82, 2.24) is 10.3 Å². The first-order valence-corrected chi connectivity index (χ1v) is 8.85. The van der Waals surface area contributed by atoms with Gasteiger partial charge in [-0.3, -0.25) is 4.79 Å². The van der Waals surface area contributed by atoms with Gasteiger partial charge in [0.1, 0.15) is 0 Å². The van der Waals surface area contributed by atoms with E-state index in [-0.39, 0.29) is 5.91 Å². The lowest BCUT2D eigenvalue weighted by Crippen LogP contribution is -2.26. The molecule has 0 bridgehead atoms. The van der Waals surface area contributed by atoms with Crippen LogP contribution in [-0.2, 0) is 4.79 Å². The Balaban J connectivity index is 1.70. The van der Waals surface area contributed by atoms with Gasteiger partial charge in [0, 0.05) is 6.54 Å². The Bertz CT molecular complexity index is 521. The van der Waals surface area contributed by atoms with Gasteiger partial charge in [-0.05, 0) is 18.6 Å². The highest BCUT2D eigenvalue weighted by Crippen LogP contribution is 2.28. The van der Waals surface area contributed by atoms with E-state index >= 15 is 0 Å². The minimum Gasteiger partial charge on any atom is -0.355 e. The number of nitrogens with zero attached hydrogens (tertiary/aromatic N) is 1. The smallest absolute Gasteiger partial charge is 0.230 e. The minimum absolute atomic E-state index is 0.103. The monoisotopic (exact) mass is 308 g/mol. The van der Waals surface area contributed by atoms with Crippen LogP contribution in [0.15, 0.2) is 28.6 Å². The van der Waals surface area contributed by atoms with E-state index in [1.165, 1.54) is 35.7 Å². The second-order valence-electron chi connectivity index (χ2n) is 4.65. The van der Waals surface area contributed by atoms with Crippen molar-refractivity contribution < 1.29 is 4.79 Å². The molecule has 0 saturated carbocycles. The number of unbranched alkanes of at least 4 members (excludes halogenated alkanes) is 3. The van der Waals surface area contributed by atoms with E-state index in [2.05, 4.69) is 23.3 Å². The van der Waals surface area contributed by atoms with Crippen LogP contribution in [0.3, 0.4) is 0 Å². The number of fused-ring (bicyclic) bond motifs is 1. The summed E-state index contributed by atoms with van der Waals surface area (Å²) in [5, 5.41) is 2.96. The van der Waals surface area contributed by atoms with Crippen LogP contribution >= 0.6 is 23.1 Å². The standard InChI is InChI=1S/C15H20N2OS2/c1-2-3-4-7-10-16-14(18)11-19-15-17-12-8-5-6-9-13(12)20-15/h5-6,8-9H,2-4,7,10-11H2,1H3,(H,16,18). The number of hydrogen-bond acceptors (Lipinski definition) is 4. The summed E-state index contributed by atoms with van der Waals surface area (Å²) < 4.78 is 2.14. The number of thiazole rings is 1. The molecule has 3 nitrogen and oxygen atoms in total. The molecule has 0 saturated heterocycles. The Morgan fingerprint density at radius 2 is 2.15 bits per heavy atom. The number of nitrogens with one attached hydrogen (secondary N) is 1. The van der Waals surface area contributed by atoms with Crippen molar-refractivity contribution in [3.8, 4) is 0 Å². The molecule has 1 aromatic heterocycles. The van der Waals surface area contributed by atoms with E-state index < -0.39 is 0 Å². The summed E-state index contributed by atoms with van der Waals surface area (Å²) in [6.45, 7) is 2.98. The summed E-state index contributed by atoms with van der Waals surface area (Å²) in [6.07, 6.45) is 4.74. The molecule has 2 rings (SSSR count). The molecular weight excluding hydrogens is 288 g/mol. The molecule has 1 N–H and O–H groups in total. The maximum Gasteiger partial charge on any atom is 0.230 e. The first-order valence-electron chi connectivity index (χ1n) is 7.04. The molecule has 1 heterocycles. The highest BCUT2D eigenvalue weighted by molar-refractivity contribution is 8.01. The van der Waals surface area contributed by atoms with Gasteiger partial charge < -0.3 is 5.32 Å². The highest BCUT2D eigenvalue weighted by atomic mass is 32.2. The Kier molecular flexibility index (Phi) is 6.33. The third-order valence-electron chi connectivity index (χ3n) is 2.95. The molecule has 0 unspecified atom stereocenters. The van der Waals surface area contributed by atoms with Gasteiger partial charge in [0.2, 0.25) is 5.91 Å². The van der Waals surface area contributed by atoms with Crippen molar-refractivity contribution in [2.75, 3.05) is 12.3 Å². The van der Waals surface area contributed by atoms with Gasteiger partial charge in [-0.15, -0.1) is 11.3 Å². The van der Waals surface area contributed by atoms with E-state index in [4.69, 9.17) is 0 Å². The molecule has 0 radical (unpaired) electrons. The van der Waals surface area contributed by atoms with Crippen LogP contribution in [0.25, 0.3) is 10.2 Å². The zero-order valence-electron chi connectivity index (χ0n) is 11.7. The minimum atomic E-state index is 0.103. The zero-order chi connectivity index (χ0) is 14.2. The first kappa shape index (κ1) is 15.3. The number of thioether (sulfide) groups is 1. The second-order valence-corrected chi connectivity index (χ2v) is 6.90. The number of carbonyl (C=O) groups is 1. The summed E-state index contributed by atoms with van der Waals surface area (Å²) in [6, 6.07) is 8.06. The number of benzene rings is 1. The van der Waals surface area contributed by atoms with Gasteiger partial charge in [-0.1, -0.05) is 50.1 Å². The van der Waals surface area contributed by atoms with Crippen LogP contribution in [0.2, 0.25) is 0 Å². The predicted octanol–water partition coefficient (Wildman–Crippen LogP) is 4.08. The fourth-order valence-electron chi connectivity index (χ4n) is 1.87. The number of amides is 1. The number of carbonyl (C=O) groups excluding carboxylic acids is 1. The molecule has 1 amide bonds. The van der Waals surface area contributed by atoms with Crippen molar-refractivity contribution in [2.45, 2.75) is 36.9 Å². The van der Waals surface area contributed by atoms with Gasteiger partial charge in [0.25, 0.3) is 0 Å². The number of aromatic nitrogens is 1. The average molecular weight is 308 g/mol. The molecule has 1 aromatic carbocycles. The Morgan fingerprint density at radius 3 is 2.95 bits per heavy atom. The maximum atomic E-state index is 11.7. The van der Waals surface area contributed by atoms with Crippen molar-refractivity contribution in [2.24, 2.45) is 0 Å². The molecular formula is C15H20N2OS2. The molecule has 108 valence electrons. The van der Waals surface area contributed by atoms with E-state index in [0.29, 0.717) is 5.75 Å². The predicted molar refractivity (Wildman–Crippen MR) is 87.5 cm³/mol. The van der Waals surface area contributed by atoms with Crippen molar-refractivity contribution in [3.05, 3.63) is 24.3 Å². The average Bonchev–Trinajstić information content (AvgIpc) is 2.88. The Labute approximate surface area is 128 Å². The van der Waals surface area contributed by atoms with E-state index in [1.807, 2.05) is 18.2 Å². The third kappa shape index (κ3) is 4.80. The van der Waals surface area contributed by atoms with Gasteiger partial charge in [0.05, 0.1) is 16.0 Å². The van der Waals surface area contributed by atoms with Gasteiger partial charge in [-0.25, -0.2) is 4.98 Å². The lowest BCUT2D eigenvalue weighted by molar-refractivity contribution is -0.118. The zero-order valence-corrected chi connectivity index (χ0v) is 13.4. The molecule has 0 aliphatic heterocycles. The molecule has 0 aliphatic rings. The fourth-order valence-corrected chi connectivity index (χ4v) is 3.77. The summed E-state index contributed by atoms with van der Waals surface area (Å²) >= 11 is 3.16. The quantitative estimate of drug-likeness (QED) is 0.590. The molecule has 2 aromatic rings. The molecule has 5 heteroatoms. The topological polar surface area (TPSA) is 42.0 Å². The number of hydrogen-bond donors (Lipinski definition) is 1. The largest absolute Gasteiger partial charge is 0.355 e. The van der Waals surface area contributed by atoms with Crippen molar-refractivity contribution in [3.63, 3.8) is 0 Å². The normalized spacial score (nSPS) is 10.8. The highest BCUT2D eigenvalue weighted by Gasteiger charge is 2.06. The van der Waals surface area contributed by atoms with Crippen LogP contribution in [0.1, 0.15) is 32.6 Å². The van der Waals surface area contributed by atoms with Crippen molar-refractivity contribution >= 4 is 39.2 Å². The molecule has 20 heavy (non-hydrogen) atoms. The number of para-hydroxylation sites is 1. The summed E-state index contributed by atoms with van der Waals surface area (Å²) in [5.41, 5.74) is 1.01. The summed E-state index contributed by atoms with van der Waals surface area (Å²) in [5.74, 6) is 0.555. The van der Waals surface area contributed by atoms with E-state index in [0.717, 1.165) is 22.8 Å². The van der Waals surface area contributed by atoms with Gasteiger partial charge in [-0.2, -0.15) is 0 Å². The lowest BCUT2D eigenvalue weighted by atomic mass is 10.2. The van der Waals surface area contributed by atoms with Crippen LogP contribution in [0, 0.1) is 0 Å². The lowest BCUT2D eigenvalue weighted by Gasteiger charge is -2.03. The van der Waals surface area contributed by atoms with Crippen LogP contribution in [0.5, 0.6) is 0 Å². The van der Waals surface area contributed by atoms with E-state index in [1.54, 1.807) is 11.3 Å². The fraction of sp³-hybridized carbons (Fsp3) is 0.467. The number of rotatable bonds is 8. The third-order valence-corrected chi connectivity index (χ3v) is 5.13. The Morgan fingerprint density at radius 1 is 1.30 bits per heavy atom. The summed E-state index contributed by atoms with van der Waals surface area (Å²) in [7, 11) is 0. The second kappa shape index (κ2) is 8.27. The summed E-state index contributed by atoms with van der Waals surface area (Å²) in [4.78, 5) is 16.2. The van der Waals surface area contributed by atoms with Crippen molar-refractivity contribution in [1.29, 1.82) is 0 Å². The molecule has 0 aliphatic carbocycles. The van der Waals surface area contributed by atoms with Gasteiger partial charge in [0.15, 0.2) is 4.34 Å². The van der Waals surface area contributed by atoms with Crippen LogP contribution < -0.4 is 5.32 Å². The van der Waals surface area contributed by atoms with Crippen LogP contribution in [-0.4, -0.2) is 23.2 Å². The van der Waals surface area contributed by atoms with Crippen LogP contribution in [0.4, 0.5) is 0 Å². The molecule has 0 fully saturated rings. The molecule has 0 spiro atoms. The Hall–Kier alpha value is -1.07. The first-order chi connectivity index (χ1) is 9.79. The van der Waals surface area contributed by atoms with Gasteiger partial charge >= 0.3 is 0 Å².